The minimum absolute atomic E-state index is 0.136. The molecule has 2 atom stereocenters. The Labute approximate surface area is 98.1 Å². The molecule has 0 heterocycles. The molecule has 16 heavy (non-hydrogen) atoms. The summed E-state index contributed by atoms with van der Waals surface area (Å²) in [6.45, 7) is 10.5. The van der Waals surface area contributed by atoms with Gasteiger partial charge in [0.05, 0.1) is 0 Å². The lowest BCUT2D eigenvalue weighted by atomic mass is 9.86. The smallest absolute Gasteiger partial charge is 0.123 e. The molecule has 0 aliphatic rings. The van der Waals surface area contributed by atoms with E-state index in [-0.39, 0.29) is 5.82 Å². The second kappa shape index (κ2) is 6.00. The zero-order valence-electron chi connectivity index (χ0n) is 10.7. The third kappa shape index (κ3) is 3.31. The van der Waals surface area contributed by atoms with Crippen LogP contribution in [-0.2, 0) is 0 Å². The second-order valence-corrected chi connectivity index (χ2v) is 4.57. The maximum absolute atomic E-state index is 13.2. The fourth-order valence-corrected chi connectivity index (χ4v) is 1.96. The van der Waals surface area contributed by atoms with E-state index in [1.807, 2.05) is 13.0 Å². The number of hydrogen-bond acceptors (Lipinski definition) is 1. The summed E-state index contributed by atoms with van der Waals surface area (Å²) in [5.41, 5.74) is 2.31. The molecular weight excluding hydrogens is 201 g/mol. The van der Waals surface area contributed by atoms with Crippen LogP contribution in [0.15, 0.2) is 18.2 Å². The molecule has 0 fully saturated rings. The average molecular weight is 223 g/mol. The molecule has 0 bridgehead atoms. The van der Waals surface area contributed by atoms with E-state index in [1.165, 1.54) is 11.6 Å². The minimum Gasteiger partial charge on any atom is -0.317 e. The first kappa shape index (κ1) is 13.2. The molecule has 0 amide bonds. The maximum atomic E-state index is 13.2. The highest BCUT2D eigenvalue weighted by atomic mass is 19.1. The summed E-state index contributed by atoms with van der Waals surface area (Å²) < 4.78 is 13.2. The van der Waals surface area contributed by atoms with Crippen LogP contribution < -0.4 is 5.32 Å². The Balaban J connectivity index is 2.78. The third-order valence-electron chi connectivity index (χ3n) is 3.30. The number of benzene rings is 1. The Morgan fingerprint density at radius 3 is 2.62 bits per heavy atom. The number of halogens is 1. The monoisotopic (exact) mass is 223 g/mol. The summed E-state index contributed by atoms with van der Waals surface area (Å²) in [5.74, 6) is 0.762. The van der Waals surface area contributed by atoms with E-state index in [9.17, 15) is 4.39 Å². The lowest BCUT2D eigenvalue weighted by Gasteiger charge is -2.22. The van der Waals surface area contributed by atoms with Crippen LogP contribution in [0.3, 0.4) is 0 Å². The van der Waals surface area contributed by atoms with Gasteiger partial charge in [0.1, 0.15) is 5.82 Å². The molecule has 2 heteroatoms. The number of nitrogens with one attached hydrogen (secondary N) is 1. The van der Waals surface area contributed by atoms with Crippen LogP contribution in [0.25, 0.3) is 0 Å². The highest BCUT2D eigenvalue weighted by Crippen LogP contribution is 2.27. The van der Waals surface area contributed by atoms with E-state index >= 15 is 0 Å². The van der Waals surface area contributed by atoms with Gasteiger partial charge in [-0.2, -0.15) is 0 Å². The van der Waals surface area contributed by atoms with Crippen molar-refractivity contribution in [1.82, 2.24) is 5.32 Å². The van der Waals surface area contributed by atoms with E-state index in [4.69, 9.17) is 0 Å². The topological polar surface area (TPSA) is 12.0 Å². The van der Waals surface area contributed by atoms with Gasteiger partial charge >= 0.3 is 0 Å². The summed E-state index contributed by atoms with van der Waals surface area (Å²) in [5, 5.41) is 3.34. The molecule has 90 valence electrons. The Kier molecular flexibility index (Phi) is 4.94. The first-order valence-electron chi connectivity index (χ1n) is 6.03. The van der Waals surface area contributed by atoms with Crippen LogP contribution in [0.4, 0.5) is 4.39 Å². The van der Waals surface area contributed by atoms with Gasteiger partial charge in [0.25, 0.3) is 0 Å². The zero-order chi connectivity index (χ0) is 12.1. The number of rotatable bonds is 5. The molecule has 0 aliphatic heterocycles. The molecule has 1 aromatic carbocycles. The summed E-state index contributed by atoms with van der Waals surface area (Å²) >= 11 is 0. The SMILES string of the molecule is CCNCC(C)C(C)c1cc(F)ccc1C. The standard InChI is InChI=1S/C14H22FN/c1-5-16-9-11(3)12(4)14-8-13(15)7-6-10(14)2/h6-8,11-12,16H,5,9H2,1-4H3. The molecule has 0 radical (unpaired) electrons. The van der Waals surface area contributed by atoms with Gasteiger partial charge in [-0.3, -0.25) is 0 Å². The number of aryl methyl sites for hydroxylation is 1. The van der Waals surface area contributed by atoms with Crippen molar-refractivity contribution >= 4 is 0 Å². The van der Waals surface area contributed by atoms with E-state index in [0.29, 0.717) is 11.8 Å². The Bertz CT molecular complexity index is 336. The van der Waals surface area contributed by atoms with Gasteiger partial charge in [0.15, 0.2) is 0 Å². The molecule has 0 saturated heterocycles. The molecule has 1 nitrogen and oxygen atoms in total. The van der Waals surface area contributed by atoms with E-state index in [0.717, 1.165) is 18.7 Å². The van der Waals surface area contributed by atoms with Crippen LogP contribution in [-0.4, -0.2) is 13.1 Å². The molecular formula is C14H22FN. The molecule has 1 aromatic rings. The van der Waals surface area contributed by atoms with Crippen molar-refractivity contribution in [2.45, 2.75) is 33.6 Å². The first-order valence-corrected chi connectivity index (χ1v) is 6.03. The van der Waals surface area contributed by atoms with E-state index in [1.54, 1.807) is 6.07 Å². The lowest BCUT2D eigenvalue weighted by molar-refractivity contribution is 0.451. The predicted molar refractivity (Wildman–Crippen MR) is 67.3 cm³/mol. The van der Waals surface area contributed by atoms with Crippen molar-refractivity contribution in [3.8, 4) is 0 Å². The molecule has 0 aromatic heterocycles. The molecule has 1 N–H and O–H groups in total. The van der Waals surface area contributed by atoms with Crippen molar-refractivity contribution in [2.75, 3.05) is 13.1 Å². The van der Waals surface area contributed by atoms with E-state index < -0.39 is 0 Å². The Morgan fingerprint density at radius 2 is 2.00 bits per heavy atom. The van der Waals surface area contributed by atoms with E-state index in [2.05, 4.69) is 26.1 Å². The highest BCUT2D eigenvalue weighted by molar-refractivity contribution is 5.30. The van der Waals surface area contributed by atoms with Crippen LogP contribution in [0.2, 0.25) is 0 Å². The highest BCUT2D eigenvalue weighted by Gasteiger charge is 2.16. The summed E-state index contributed by atoms with van der Waals surface area (Å²) in [7, 11) is 0. The molecule has 0 spiro atoms. The normalized spacial score (nSPS) is 14.8. The summed E-state index contributed by atoms with van der Waals surface area (Å²) in [4.78, 5) is 0. The zero-order valence-corrected chi connectivity index (χ0v) is 10.7. The summed E-state index contributed by atoms with van der Waals surface area (Å²) in [6, 6.07) is 5.06. The fourth-order valence-electron chi connectivity index (χ4n) is 1.96. The largest absolute Gasteiger partial charge is 0.317 e. The first-order chi connectivity index (χ1) is 7.56. The third-order valence-corrected chi connectivity index (χ3v) is 3.30. The van der Waals surface area contributed by atoms with Gasteiger partial charge in [-0.05, 0) is 55.1 Å². The van der Waals surface area contributed by atoms with Crippen molar-refractivity contribution in [3.05, 3.63) is 35.1 Å². The molecule has 2 unspecified atom stereocenters. The molecule has 0 saturated carbocycles. The van der Waals surface area contributed by atoms with Gasteiger partial charge in [-0.15, -0.1) is 0 Å². The predicted octanol–water partition coefficient (Wildman–Crippen LogP) is 3.48. The van der Waals surface area contributed by atoms with Gasteiger partial charge in [-0.25, -0.2) is 4.39 Å². The average Bonchev–Trinajstić information content (AvgIpc) is 2.28. The van der Waals surface area contributed by atoms with Crippen LogP contribution >= 0.6 is 0 Å². The van der Waals surface area contributed by atoms with Gasteiger partial charge in [0, 0.05) is 0 Å². The quantitative estimate of drug-likeness (QED) is 0.805. The fraction of sp³-hybridized carbons (Fsp3) is 0.571. The van der Waals surface area contributed by atoms with Crippen LogP contribution in [0.1, 0.15) is 37.8 Å². The minimum atomic E-state index is -0.136. The van der Waals surface area contributed by atoms with Crippen molar-refractivity contribution in [2.24, 2.45) is 5.92 Å². The number of hydrogen-bond donors (Lipinski definition) is 1. The van der Waals surface area contributed by atoms with Gasteiger partial charge in [0.2, 0.25) is 0 Å². The van der Waals surface area contributed by atoms with Crippen LogP contribution in [0, 0.1) is 18.7 Å². The second-order valence-electron chi connectivity index (χ2n) is 4.57. The van der Waals surface area contributed by atoms with Gasteiger partial charge < -0.3 is 5.32 Å². The molecule has 0 aliphatic carbocycles. The van der Waals surface area contributed by atoms with Gasteiger partial charge in [-0.1, -0.05) is 26.8 Å². The van der Waals surface area contributed by atoms with Crippen molar-refractivity contribution in [1.29, 1.82) is 0 Å². The lowest BCUT2D eigenvalue weighted by Crippen LogP contribution is -2.24. The Hall–Kier alpha value is -0.890. The van der Waals surface area contributed by atoms with Crippen molar-refractivity contribution in [3.63, 3.8) is 0 Å². The van der Waals surface area contributed by atoms with Crippen molar-refractivity contribution < 1.29 is 4.39 Å². The Morgan fingerprint density at radius 1 is 1.31 bits per heavy atom. The van der Waals surface area contributed by atoms with Crippen LogP contribution in [0.5, 0.6) is 0 Å². The summed E-state index contributed by atoms with van der Waals surface area (Å²) in [6.07, 6.45) is 0. The molecule has 1 rings (SSSR count). The maximum Gasteiger partial charge on any atom is 0.123 e.